The highest BCUT2D eigenvalue weighted by molar-refractivity contribution is 5.92. The van der Waals surface area contributed by atoms with Gasteiger partial charge in [-0.15, -0.1) is 0 Å². The predicted octanol–water partition coefficient (Wildman–Crippen LogP) is -0.412. The first-order valence-electron chi connectivity index (χ1n) is 3.97. The summed E-state index contributed by atoms with van der Waals surface area (Å²) in [5, 5.41) is 3.90. The molecule has 0 saturated carbocycles. The van der Waals surface area contributed by atoms with Crippen molar-refractivity contribution in [1.29, 1.82) is 0 Å². The van der Waals surface area contributed by atoms with Crippen LogP contribution in [0.5, 0.6) is 5.88 Å². The van der Waals surface area contributed by atoms with E-state index < -0.39 is 5.91 Å². The van der Waals surface area contributed by atoms with Crippen LogP contribution in [0.25, 0.3) is 0 Å². The number of nitrogens with zero attached hydrogens (tertiary/aromatic N) is 2. The average molecular weight is 196 g/mol. The van der Waals surface area contributed by atoms with Crippen LogP contribution in [-0.2, 0) is 7.05 Å². The summed E-state index contributed by atoms with van der Waals surface area (Å²) in [5.74, 6) is 5.00. The number of aromatic nitrogens is 2. The number of hydrogen-bond donors (Lipinski definition) is 2. The number of nitrogens with two attached hydrogens (primary N) is 1. The minimum Gasteiger partial charge on any atom is -0.474 e. The Hall–Kier alpha value is -1.82. The van der Waals surface area contributed by atoms with E-state index in [0.717, 1.165) is 0 Å². The van der Waals surface area contributed by atoms with E-state index in [0.29, 0.717) is 12.5 Å². The number of hydrazine groups is 1. The molecule has 0 radical (unpaired) electrons. The number of nitrogen functional groups attached to an aromatic ring is 1. The number of aryl methyl sites for hydroxylation is 1. The molecule has 1 aromatic heterocycles. The molecule has 14 heavy (non-hydrogen) atoms. The van der Waals surface area contributed by atoms with Crippen LogP contribution in [0.3, 0.4) is 0 Å². The van der Waals surface area contributed by atoms with E-state index >= 15 is 0 Å². The number of rotatable bonds is 4. The lowest BCUT2D eigenvalue weighted by Gasteiger charge is -2.00. The molecule has 6 nitrogen and oxygen atoms in total. The molecule has 0 saturated heterocycles. The fraction of sp³-hybridized carbons (Fsp3) is 0.250. The maximum Gasteiger partial charge on any atom is 0.285 e. The minimum absolute atomic E-state index is 0.217. The lowest BCUT2D eigenvalue weighted by molar-refractivity contribution is 0.0948. The average Bonchev–Trinajstić information content (AvgIpc) is 2.56. The molecule has 0 bridgehead atoms. The lowest BCUT2D eigenvalue weighted by atomic mass is 10.4. The van der Waals surface area contributed by atoms with Crippen molar-refractivity contribution in [3.63, 3.8) is 0 Å². The van der Waals surface area contributed by atoms with Crippen LogP contribution in [0.2, 0.25) is 0 Å². The molecule has 0 aliphatic carbocycles. The molecule has 1 rings (SSSR count). The Morgan fingerprint density at radius 2 is 2.64 bits per heavy atom. The van der Waals surface area contributed by atoms with Gasteiger partial charge in [-0.25, -0.2) is 10.5 Å². The molecule has 0 unspecified atom stereocenters. The zero-order chi connectivity index (χ0) is 10.6. The number of nitrogens with one attached hydrogen (secondary N) is 1. The van der Waals surface area contributed by atoms with Gasteiger partial charge in [0.15, 0.2) is 5.69 Å². The Morgan fingerprint density at radius 1 is 1.93 bits per heavy atom. The van der Waals surface area contributed by atoms with Gasteiger partial charge in [0.05, 0.1) is 0 Å². The van der Waals surface area contributed by atoms with Gasteiger partial charge in [0.25, 0.3) is 5.91 Å². The maximum atomic E-state index is 11.1. The summed E-state index contributed by atoms with van der Waals surface area (Å²) in [4.78, 5) is 11.1. The Labute approximate surface area is 81.3 Å². The summed E-state index contributed by atoms with van der Waals surface area (Å²) in [5.41, 5.74) is 2.20. The predicted molar refractivity (Wildman–Crippen MR) is 50.6 cm³/mol. The van der Waals surface area contributed by atoms with Crippen LogP contribution >= 0.6 is 0 Å². The third-order valence-corrected chi connectivity index (χ3v) is 1.55. The summed E-state index contributed by atoms with van der Waals surface area (Å²) in [6.07, 6.45) is 1.61. The first-order chi connectivity index (χ1) is 6.69. The summed E-state index contributed by atoms with van der Waals surface area (Å²) < 4.78 is 6.68. The third-order valence-electron chi connectivity index (χ3n) is 1.55. The largest absolute Gasteiger partial charge is 0.474 e. The first kappa shape index (κ1) is 10.3. The van der Waals surface area contributed by atoms with Crippen LogP contribution in [0.1, 0.15) is 10.5 Å². The van der Waals surface area contributed by atoms with Gasteiger partial charge in [-0.1, -0.05) is 12.7 Å². The van der Waals surface area contributed by atoms with Crippen LogP contribution in [0.15, 0.2) is 18.7 Å². The summed E-state index contributed by atoms with van der Waals surface area (Å²) >= 11 is 0. The molecule has 0 spiro atoms. The molecule has 6 heteroatoms. The van der Waals surface area contributed by atoms with Crippen LogP contribution in [0, 0.1) is 0 Å². The first-order valence-corrected chi connectivity index (χ1v) is 3.97. The van der Waals surface area contributed by atoms with Crippen molar-refractivity contribution < 1.29 is 9.53 Å². The smallest absolute Gasteiger partial charge is 0.285 e. The van der Waals surface area contributed by atoms with Gasteiger partial charge in [0.1, 0.15) is 6.61 Å². The molecule has 3 N–H and O–H groups in total. The van der Waals surface area contributed by atoms with Crippen LogP contribution < -0.4 is 16.0 Å². The fourth-order valence-electron chi connectivity index (χ4n) is 0.914. The Bertz CT molecular complexity index is 345. The lowest BCUT2D eigenvalue weighted by Crippen LogP contribution is -2.30. The van der Waals surface area contributed by atoms with E-state index in [9.17, 15) is 4.79 Å². The van der Waals surface area contributed by atoms with Crippen molar-refractivity contribution in [2.24, 2.45) is 12.9 Å². The highest BCUT2D eigenvalue weighted by Gasteiger charge is 2.11. The van der Waals surface area contributed by atoms with E-state index in [1.165, 1.54) is 10.7 Å². The van der Waals surface area contributed by atoms with Crippen molar-refractivity contribution in [3.8, 4) is 5.88 Å². The normalized spacial score (nSPS) is 9.57. The van der Waals surface area contributed by atoms with Gasteiger partial charge in [-0.05, 0) is 0 Å². The number of hydrogen-bond acceptors (Lipinski definition) is 4. The van der Waals surface area contributed by atoms with E-state index in [-0.39, 0.29) is 5.69 Å². The monoisotopic (exact) mass is 196 g/mol. The molecule has 0 fully saturated rings. The molecule has 76 valence electrons. The van der Waals surface area contributed by atoms with E-state index in [2.05, 4.69) is 11.7 Å². The Kier molecular flexibility index (Phi) is 3.24. The van der Waals surface area contributed by atoms with E-state index in [4.69, 9.17) is 10.6 Å². The van der Waals surface area contributed by atoms with E-state index in [1.54, 1.807) is 13.1 Å². The zero-order valence-electron chi connectivity index (χ0n) is 7.86. The second kappa shape index (κ2) is 4.43. The van der Waals surface area contributed by atoms with Gasteiger partial charge in [-0.2, -0.15) is 5.10 Å². The van der Waals surface area contributed by atoms with Gasteiger partial charge in [0, 0.05) is 13.1 Å². The van der Waals surface area contributed by atoms with Crippen molar-refractivity contribution in [2.75, 3.05) is 6.61 Å². The SMILES string of the molecule is C=CCOc1cc(C(=O)NN)nn1C. The second-order valence-corrected chi connectivity index (χ2v) is 2.56. The summed E-state index contributed by atoms with van der Waals surface area (Å²) in [7, 11) is 1.67. The maximum absolute atomic E-state index is 11.1. The molecule has 0 atom stereocenters. The molecular weight excluding hydrogens is 184 g/mol. The summed E-state index contributed by atoms with van der Waals surface area (Å²) in [6.45, 7) is 3.87. The summed E-state index contributed by atoms with van der Waals surface area (Å²) in [6, 6.07) is 1.51. The third kappa shape index (κ3) is 2.11. The molecule has 0 aliphatic heterocycles. The number of ether oxygens (including phenoxy) is 1. The zero-order valence-corrected chi connectivity index (χ0v) is 7.86. The molecule has 1 heterocycles. The second-order valence-electron chi connectivity index (χ2n) is 2.56. The Morgan fingerprint density at radius 3 is 3.21 bits per heavy atom. The van der Waals surface area contributed by atoms with Gasteiger partial charge >= 0.3 is 0 Å². The van der Waals surface area contributed by atoms with Gasteiger partial charge in [0.2, 0.25) is 5.88 Å². The quantitative estimate of drug-likeness (QED) is 0.297. The van der Waals surface area contributed by atoms with Crippen LogP contribution in [0.4, 0.5) is 0 Å². The Balaban J connectivity index is 2.81. The minimum atomic E-state index is -0.450. The van der Waals surface area contributed by atoms with E-state index in [1.807, 2.05) is 5.43 Å². The molecule has 0 aromatic carbocycles. The molecule has 1 amide bonds. The molecule has 1 aromatic rings. The fourth-order valence-corrected chi connectivity index (χ4v) is 0.914. The number of carbonyl (C=O) groups excluding carboxylic acids is 1. The van der Waals surface area contributed by atoms with Gasteiger partial charge < -0.3 is 4.74 Å². The van der Waals surface area contributed by atoms with Crippen molar-refractivity contribution in [2.45, 2.75) is 0 Å². The van der Waals surface area contributed by atoms with Crippen molar-refractivity contribution in [3.05, 3.63) is 24.4 Å². The number of amides is 1. The molecular formula is C8H12N4O2. The topological polar surface area (TPSA) is 82.2 Å². The van der Waals surface area contributed by atoms with Crippen molar-refractivity contribution in [1.82, 2.24) is 15.2 Å². The number of carbonyl (C=O) groups is 1. The molecule has 0 aliphatic rings. The highest BCUT2D eigenvalue weighted by atomic mass is 16.5. The van der Waals surface area contributed by atoms with Crippen molar-refractivity contribution >= 4 is 5.91 Å². The van der Waals surface area contributed by atoms with Gasteiger partial charge in [-0.3, -0.25) is 10.2 Å². The standard InChI is InChI=1S/C8H12N4O2/c1-3-4-14-7-5-6(8(13)10-9)11-12(7)2/h3,5H,1,4,9H2,2H3,(H,10,13). The van der Waals surface area contributed by atoms with Crippen LogP contribution in [-0.4, -0.2) is 22.3 Å². The highest BCUT2D eigenvalue weighted by Crippen LogP contribution is 2.11.